The molecule has 136 valence electrons. The van der Waals surface area contributed by atoms with E-state index in [1.165, 1.54) is 12.1 Å². The summed E-state index contributed by atoms with van der Waals surface area (Å²) < 4.78 is 34.2. The molecule has 0 fully saturated rings. The molecule has 0 aromatic heterocycles. The number of benzene rings is 1. The van der Waals surface area contributed by atoms with Crippen LogP contribution in [0.1, 0.15) is 46.1 Å². The maximum absolute atomic E-state index is 12.0. The molecule has 7 heteroatoms. The number of aryl methyl sites for hydroxylation is 1. The minimum Gasteiger partial charge on any atom is -0.444 e. The molecule has 1 N–H and O–H groups in total. The summed E-state index contributed by atoms with van der Waals surface area (Å²) in [4.78, 5) is 11.8. The fourth-order valence-corrected chi connectivity index (χ4v) is 2.85. The minimum atomic E-state index is -3.73. The Morgan fingerprint density at radius 2 is 1.79 bits per heavy atom. The molecule has 1 unspecified atom stereocenters. The van der Waals surface area contributed by atoms with Gasteiger partial charge in [0, 0.05) is 6.04 Å². The Hall–Kier alpha value is -1.60. The number of ether oxygens (including phenoxy) is 1. The maximum atomic E-state index is 12.0. The van der Waals surface area contributed by atoms with Crippen LogP contribution in [0.2, 0.25) is 0 Å². The lowest BCUT2D eigenvalue weighted by Gasteiger charge is -2.21. The predicted octanol–water partition coefficient (Wildman–Crippen LogP) is 3.39. The van der Waals surface area contributed by atoms with Gasteiger partial charge in [0.05, 0.1) is 11.5 Å². The summed E-state index contributed by atoms with van der Waals surface area (Å²) in [5.74, 6) is 0. The van der Waals surface area contributed by atoms with Gasteiger partial charge >= 0.3 is 6.09 Å². The summed E-state index contributed by atoms with van der Waals surface area (Å²) in [6.45, 7) is 9.16. The molecule has 0 heterocycles. The second-order valence-corrected chi connectivity index (χ2v) is 8.39. The van der Waals surface area contributed by atoms with Crippen molar-refractivity contribution in [3.05, 3.63) is 29.8 Å². The number of hydrogen-bond donors (Lipinski definition) is 1. The van der Waals surface area contributed by atoms with Gasteiger partial charge in [-0.15, -0.1) is 0 Å². The fourth-order valence-electron chi connectivity index (χ4n) is 1.91. The van der Waals surface area contributed by atoms with Gasteiger partial charge in [-0.2, -0.15) is 8.42 Å². The van der Waals surface area contributed by atoms with Crippen molar-refractivity contribution >= 4 is 16.2 Å². The van der Waals surface area contributed by atoms with Crippen LogP contribution >= 0.6 is 0 Å². The quantitative estimate of drug-likeness (QED) is 0.597. The van der Waals surface area contributed by atoms with E-state index < -0.39 is 21.8 Å². The summed E-state index contributed by atoms with van der Waals surface area (Å²) in [6.07, 6.45) is 0.605. The van der Waals surface area contributed by atoms with Gasteiger partial charge in [0.1, 0.15) is 5.60 Å². The van der Waals surface area contributed by atoms with Crippen molar-refractivity contribution in [1.29, 1.82) is 0 Å². The number of rotatable bonds is 7. The molecule has 1 rings (SSSR count). The summed E-state index contributed by atoms with van der Waals surface area (Å²) in [7, 11) is -3.73. The van der Waals surface area contributed by atoms with E-state index >= 15 is 0 Å². The Labute approximate surface area is 144 Å². The van der Waals surface area contributed by atoms with E-state index in [9.17, 15) is 13.2 Å². The Balaban J connectivity index is 2.34. The van der Waals surface area contributed by atoms with E-state index in [0.29, 0.717) is 12.8 Å². The van der Waals surface area contributed by atoms with E-state index in [0.717, 1.165) is 5.56 Å². The molecule has 0 aliphatic carbocycles. The number of nitrogens with one attached hydrogen (secondary N) is 1. The van der Waals surface area contributed by atoms with Crippen LogP contribution in [0.25, 0.3) is 0 Å². The van der Waals surface area contributed by atoms with Gasteiger partial charge in [0.25, 0.3) is 10.1 Å². The molecule has 0 saturated heterocycles. The molecule has 6 nitrogen and oxygen atoms in total. The van der Waals surface area contributed by atoms with Crippen LogP contribution in [-0.2, 0) is 19.0 Å². The lowest BCUT2D eigenvalue weighted by atomic mass is 10.2. The first-order valence-corrected chi connectivity index (χ1v) is 9.36. The fraction of sp³-hybridized carbons (Fsp3) is 0.588. The number of amides is 1. The van der Waals surface area contributed by atoms with Crippen LogP contribution in [0.4, 0.5) is 4.79 Å². The highest BCUT2D eigenvalue weighted by Gasteiger charge is 2.18. The van der Waals surface area contributed by atoms with E-state index in [4.69, 9.17) is 8.92 Å². The monoisotopic (exact) mass is 357 g/mol. The minimum absolute atomic E-state index is 0.0660. The first kappa shape index (κ1) is 20.4. The lowest BCUT2D eigenvalue weighted by molar-refractivity contribution is 0.0504. The van der Waals surface area contributed by atoms with Crippen LogP contribution < -0.4 is 5.32 Å². The number of alkyl carbamates (subject to hydrolysis) is 1. The molecule has 24 heavy (non-hydrogen) atoms. The van der Waals surface area contributed by atoms with Gasteiger partial charge < -0.3 is 10.1 Å². The van der Waals surface area contributed by atoms with Gasteiger partial charge in [-0.25, -0.2) is 4.79 Å². The topological polar surface area (TPSA) is 81.7 Å². The van der Waals surface area contributed by atoms with Crippen molar-refractivity contribution < 1.29 is 22.1 Å². The molecule has 1 atom stereocenters. The molecule has 0 bridgehead atoms. The van der Waals surface area contributed by atoms with Crippen molar-refractivity contribution in [2.45, 2.75) is 64.0 Å². The Kier molecular flexibility index (Phi) is 7.23. The van der Waals surface area contributed by atoms with Crippen molar-refractivity contribution in [3.63, 3.8) is 0 Å². The van der Waals surface area contributed by atoms with E-state index in [-0.39, 0.29) is 17.5 Å². The zero-order chi connectivity index (χ0) is 18.4. The van der Waals surface area contributed by atoms with Crippen molar-refractivity contribution in [2.75, 3.05) is 6.61 Å². The highest BCUT2D eigenvalue weighted by molar-refractivity contribution is 7.86. The van der Waals surface area contributed by atoms with Crippen molar-refractivity contribution in [3.8, 4) is 0 Å². The molecular formula is C17H27NO5S. The molecule has 1 aromatic carbocycles. The van der Waals surface area contributed by atoms with Crippen molar-refractivity contribution in [1.82, 2.24) is 5.32 Å². The second kappa shape index (κ2) is 8.48. The van der Waals surface area contributed by atoms with Crippen molar-refractivity contribution in [2.24, 2.45) is 0 Å². The second-order valence-electron chi connectivity index (χ2n) is 6.78. The molecule has 0 radical (unpaired) electrons. The standard InChI is InChI=1S/C17H27NO5S/c1-13-8-10-15(11-9-13)24(20,21)22-12-6-7-14(2)18-16(19)23-17(3,4)5/h8-11,14H,6-7,12H2,1-5H3,(H,18,19). The molecule has 0 aliphatic rings. The van der Waals surface area contributed by atoms with E-state index in [1.807, 2.05) is 13.8 Å². The van der Waals surface area contributed by atoms with Crippen LogP contribution in [-0.4, -0.2) is 32.8 Å². The molecular weight excluding hydrogens is 330 g/mol. The van der Waals surface area contributed by atoms with Gasteiger partial charge in [-0.3, -0.25) is 4.18 Å². The normalized spacial score (nSPS) is 13.4. The Morgan fingerprint density at radius 1 is 1.21 bits per heavy atom. The Bertz CT molecular complexity index is 632. The van der Waals surface area contributed by atoms with E-state index in [1.54, 1.807) is 32.9 Å². The molecule has 0 aliphatic heterocycles. The van der Waals surface area contributed by atoms with Gasteiger partial charge in [0.2, 0.25) is 0 Å². The molecule has 1 aromatic rings. The zero-order valence-electron chi connectivity index (χ0n) is 15.0. The van der Waals surface area contributed by atoms with Gasteiger partial charge in [-0.05, 0) is 59.6 Å². The number of carbonyl (C=O) groups is 1. The highest BCUT2D eigenvalue weighted by atomic mass is 32.2. The highest BCUT2D eigenvalue weighted by Crippen LogP contribution is 2.14. The third-order valence-electron chi connectivity index (χ3n) is 3.09. The lowest BCUT2D eigenvalue weighted by Crippen LogP contribution is -2.37. The average Bonchev–Trinajstić information content (AvgIpc) is 2.42. The third-order valence-corrected chi connectivity index (χ3v) is 4.42. The van der Waals surface area contributed by atoms with Crippen LogP contribution in [0, 0.1) is 6.92 Å². The summed E-state index contributed by atoms with van der Waals surface area (Å²) in [5.41, 5.74) is 0.436. The van der Waals surface area contributed by atoms with E-state index in [2.05, 4.69) is 5.32 Å². The SMILES string of the molecule is Cc1ccc(S(=O)(=O)OCCCC(C)NC(=O)OC(C)(C)C)cc1. The van der Waals surface area contributed by atoms with Crippen LogP contribution in [0.15, 0.2) is 29.2 Å². The summed E-state index contributed by atoms with van der Waals surface area (Å²) in [5, 5.41) is 2.71. The van der Waals surface area contributed by atoms with Gasteiger partial charge in [0.15, 0.2) is 0 Å². The van der Waals surface area contributed by atoms with Crippen LogP contribution in [0.5, 0.6) is 0 Å². The Morgan fingerprint density at radius 3 is 2.33 bits per heavy atom. The first-order valence-electron chi connectivity index (χ1n) is 7.95. The molecule has 1 amide bonds. The first-order chi connectivity index (χ1) is 11.0. The average molecular weight is 357 g/mol. The molecule has 0 saturated carbocycles. The maximum Gasteiger partial charge on any atom is 0.407 e. The van der Waals surface area contributed by atoms with Crippen LogP contribution in [0.3, 0.4) is 0 Å². The van der Waals surface area contributed by atoms with Gasteiger partial charge in [-0.1, -0.05) is 17.7 Å². The number of hydrogen-bond acceptors (Lipinski definition) is 5. The summed E-state index contributed by atoms with van der Waals surface area (Å²) >= 11 is 0. The molecule has 0 spiro atoms. The predicted molar refractivity (Wildman–Crippen MR) is 92.4 cm³/mol. The third kappa shape index (κ3) is 7.79. The summed E-state index contributed by atoms with van der Waals surface area (Å²) in [6, 6.07) is 6.37. The number of carbonyl (C=O) groups excluding carboxylic acids is 1. The zero-order valence-corrected chi connectivity index (χ0v) is 15.8. The largest absolute Gasteiger partial charge is 0.444 e. The smallest absolute Gasteiger partial charge is 0.407 e.